The Hall–Kier alpha value is -3.07. The Balaban J connectivity index is 1.17. The first-order valence-electron chi connectivity index (χ1n) is 13.1. The van der Waals surface area contributed by atoms with Crippen LogP contribution in [0, 0.1) is 5.92 Å². The quantitative estimate of drug-likeness (QED) is 0.450. The van der Waals surface area contributed by atoms with Gasteiger partial charge in [0.1, 0.15) is 0 Å². The zero-order chi connectivity index (χ0) is 25.6. The molecule has 3 atom stereocenters. The van der Waals surface area contributed by atoms with Crippen LogP contribution < -0.4 is 10.6 Å². The van der Waals surface area contributed by atoms with Crippen molar-refractivity contribution in [3.05, 3.63) is 77.5 Å². The monoisotopic (exact) mass is 516 g/mol. The molecule has 2 aromatic heterocycles. The van der Waals surface area contributed by atoms with Crippen LogP contribution in [0.5, 0.6) is 0 Å². The standard InChI is InChI=1S/C29H36N6OS/c1-21-5-3-7-25(17-26(21)32-29-33-27(20-37-29)24-6-4-12-30-18-24)31-28(36)23-10-8-22(9-11-23)19-35-15-13-34(2)14-16-35/h3-6,8-12,18,20-21,25-26H,7,13-17,19H2,1-2H3,(H,31,36)(H,32,33). The molecule has 7 nitrogen and oxygen atoms in total. The number of amides is 1. The average molecular weight is 517 g/mol. The van der Waals surface area contributed by atoms with Crippen molar-refractivity contribution in [2.75, 3.05) is 38.5 Å². The van der Waals surface area contributed by atoms with E-state index in [1.54, 1.807) is 17.5 Å². The lowest BCUT2D eigenvalue weighted by Crippen LogP contribution is -2.43. The van der Waals surface area contributed by atoms with Crippen LogP contribution in [0.1, 0.15) is 35.7 Å². The largest absolute Gasteiger partial charge is 0.358 e. The molecule has 194 valence electrons. The fourth-order valence-corrected chi connectivity index (χ4v) is 5.74. The normalized spacial score (nSPS) is 22.9. The molecule has 8 heteroatoms. The van der Waals surface area contributed by atoms with Gasteiger partial charge in [0, 0.05) is 73.7 Å². The first kappa shape index (κ1) is 25.6. The number of piperazine rings is 1. The highest BCUT2D eigenvalue weighted by molar-refractivity contribution is 7.14. The summed E-state index contributed by atoms with van der Waals surface area (Å²) in [7, 11) is 2.17. The predicted molar refractivity (Wildman–Crippen MR) is 151 cm³/mol. The van der Waals surface area contributed by atoms with Crippen LogP contribution >= 0.6 is 11.3 Å². The van der Waals surface area contributed by atoms with Crippen LogP contribution in [0.15, 0.2) is 66.3 Å². The third-order valence-corrected chi connectivity index (χ3v) is 8.13. The molecule has 1 amide bonds. The van der Waals surface area contributed by atoms with E-state index < -0.39 is 0 Å². The van der Waals surface area contributed by atoms with E-state index >= 15 is 0 Å². The van der Waals surface area contributed by atoms with Gasteiger partial charge in [-0.1, -0.05) is 31.2 Å². The number of nitrogens with zero attached hydrogens (tertiary/aromatic N) is 4. The van der Waals surface area contributed by atoms with Crippen molar-refractivity contribution in [2.45, 2.75) is 38.4 Å². The number of thiazole rings is 1. The number of likely N-dealkylation sites (N-methyl/N-ethyl adjacent to an activating group) is 1. The minimum absolute atomic E-state index is 0.00837. The maximum Gasteiger partial charge on any atom is 0.251 e. The Kier molecular flexibility index (Phi) is 8.28. The maximum absolute atomic E-state index is 13.1. The molecular formula is C29H36N6OS. The van der Waals surface area contributed by atoms with E-state index in [0.29, 0.717) is 11.5 Å². The van der Waals surface area contributed by atoms with Gasteiger partial charge in [0.15, 0.2) is 5.13 Å². The summed E-state index contributed by atoms with van der Waals surface area (Å²) in [5.74, 6) is 0.326. The highest BCUT2D eigenvalue weighted by Gasteiger charge is 2.25. The maximum atomic E-state index is 13.1. The number of carbonyl (C=O) groups excluding carboxylic acids is 1. The van der Waals surface area contributed by atoms with Crippen molar-refractivity contribution >= 4 is 22.4 Å². The molecule has 0 bridgehead atoms. The fraction of sp³-hybridized carbons (Fsp3) is 0.414. The van der Waals surface area contributed by atoms with Crippen molar-refractivity contribution in [3.63, 3.8) is 0 Å². The van der Waals surface area contributed by atoms with E-state index in [1.807, 2.05) is 30.5 Å². The molecule has 2 aliphatic rings. The Morgan fingerprint density at radius 2 is 1.95 bits per heavy atom. The SMILES string of the molecule is CC1C=CCC(NC(=O)c2ccc(CN3CCN(C)CC3)cc2)CC1Nc1nc(-c2cccnc2)cs1. The Labute approximate surface area is 223 Å². The second-order valence-corrected chi connectivity index (χ2v) is 11.1. The molecule has 3 unspecified atom stereocenters. The third-order valence-electron chi connectivity index (χ3n) is 7.36. The molecule has 3 heterocycles. The number of benzene rings is 1. The zero-order valence-corrected chi connectivity index (χ0v) is 22.5. The number of hydrogen-bond acceptors (Lipinski definition) is 7. The summed E-state index contributed by atoms with van der Waals surface area (Å²) in [6, 6.07) is 12.3. The number of rotatable bonds is 7. The average Bonchev–Trinajstić information content (AvgIpc) is 3.32. The van der Waals surface area contributed by atoms with Crippen LogP contribution in [0.3, 0.4) is 0 Å². The van der Waals surface area contributed by atoms with E-state index in [-0.39, 0.29) is 18.0 Å². The molecule has 1 aromatic carbocycles. The smallest absolute Gasteiger partial charge is 0.251 e. The minimum Gasteiger partial charge on any atom is -0.358 e. The van der Waals surface area contributed by atoms with Crippen LogP contribution in [-0.2, 0) is 6.54 Å². The number of aromatic nitrogens is 2. The second kappa shape index (κ2) is 12.0. The lowest BCUT2D eigenvalue weighted by Gasteiger charge is -2.32. The van der Waals surface area contributed by atoms with Gasteiger partial charge in [0.2, 0.25) is 0 Å². The van der Waals surface area contributed by atoms with Gasteiger partial charge in [0.25, 0.3) is 5.91 Å². The second-order valence-electron chi connectivity index (χ2n) is 10.2. The minimum atomic E-state index is -0.00837. The Morgan fingerprint density at radius 1 is 1.14 bits per heavy atom. The lowest BCUT2D eigenvalue weighted by atomic mass is 9.97. The molecule has 5 rings (SSSR count). The zero-order valence-electron chi connectivity index (χ0n) is 21.6. The summed E-state index contributed by atoms with van der Waals surface area (Å²) in [5, 5.41) is 9.86. The van der Waals surface area contributed by atoms with E-state index in [4.69, 9.17) is 4.98 Å². The number of nitrogens with one attached hydrogen (secondary N) is 2. The highest BCUT2D eigenvalue weighted by Crippen LogP contribution is 2.28. The molecule has 1 aliphatic carbocycles. The third kappa shape index (κ3) is 6.83. The number of pyridine rings is 1. The molecular weight excluding hydrogens is 480 g/mol. The number of hydrogen-bond donors (Lipinski definition) is 2. The van der Waals surface area contributed by atoms with Gasteiger partial charge in [-0.05, 0) is 55.6 Å². The molecule has 3 aromatic rings. The van der Waals surface area contributed by atoms with E-state index in [9.17, 15) is 4.79 Å². The van der Waals surface area contributed by atoms with Gasteiger partial charge in [0.05, 0.1) is 5.69 Å². The van der Waals surface area contributed by atoms with E-state index in [1.165, 1.54) is 5.56 Å². The molecule has 0 radical (unpaired) electrons. The predicted octanol–water partition coefficient (Wildman–Crippen LogP) is 4.52. The van der Waals surface area contributed by atoms with Crippen LogP contribution in [0.25, 0.3) is 11.3 Å². The van der Waals surface area contributed by atoms with Gasteiger partial charge >= 0.3 is 0 Å². The molecule has 0 spiro atoms. The van der Waals surface area contributed by atoms with Gasteiger partial charge in [-0.2, -0.15) is 0 Å². The summed E-state index contributed by atoms with van der Waals surface area (Å²) < 4.78 is 0. The summed E-state index contributed by atoms with van der Waals surface area (Å²) in [6.45, 7) is 7.55. The van der Waals surface area contributed by atoms with Crippen molar-refractivity contribution in [2.24, 2.45) is 5.92 Å². The van der Waals surface area contributed by atoms with Crippen molar-refractivity contribution in [3.8, 4) is 11.3 Å². The van der Waals surface area contributed by atoms with Crippen molar-refractivity contribution in [1.29, 1.82) is 0 Å². The first-order valence-corrected chi connectivity index (χ1v) is 14.0. The Morgan fingerprint density at radius 3 is 2.70 bits per heavy atom. The molecule has 2 N–H and O–H groups in total. The van der Waals surface area contributed by atoms with E-state index in [2.05, 4.69) is 69.1 Å². The van der Waals surface area contributed by atoms with Gasteiger partial charge in [-0.3, -0.25) is 14.7 Å². The van der Waals surface area contributed by atoms with E-state index in [0.717, 1.165) is 62.0 Å². The summed E-state index contributed by atoms with van der Waals surface area (Å²) in [4.78, 5) is 26.9. The molecule has 1 aliphatic heterocycles. The van der Waals surface area contributed by atoms with Crippen LogP contribution in [0.4, 0.5) is 5.13 Å². The summed E-state index contributed by atoms with van der Waals surface area (Å²) in [6.07, 6.45) is 9.70. The molecule has 1 saturated heterocycles. The van der Waals surface area contributed by atoms with Crippen molar-refractivity contribution < 1.29 is 4.79 Å². The highest BCUT2D eigenvalue weighted by atomic mass is 32.1. The number of carbonyl (C=O) groups is 1. The van der Waals surface area contributed by atoms with Gasteiger partial charge in [-0.25, -0.2) is 4.98 Å². The summed E-state index contributed by atoms with van der Waals surface area (Å²) in [5.41, 5.74) is 3.92. The van der Waals surface area contributed by atoms with Crippen molar-refractivity contribution in [1.82, 2.24) is 25.1 Å². The topological polar surface area (TPSA) is 73.4 Å². The first-order chi connectivity index (χ1) is 18.0. The van der Waals surface area contributed by atoms with Gasteiger partial charge < -0.3 is 15.5 Å². The number of anilines is 1. The molecule has 1 fully saturated rings. The van der Waals surface area contributed by atoms with Gasteiger partial charge in [-0.15, -0.1) is 11.3 Å². The van der Waals surface area contributed by atoms with Crippen LogP contribution in [-0.4, -0.2) is 71.0 Å². The molecule has 37 heavy (non-hydrogen) atoms. The Bertz CT molecular complexity index is 1190. The molecule has 0 saturated carbocycles. The lowest BCUT2D eigenvalue weighted by molar-refractivity contribution is 0.0934. The van der Waals surface area contributed by atoms with Crippen LogP contribution in [0.2, 0.25) is 0 Å². The fourth-order valence-electron chi connectivity index (χ4n) is 4.96. The summed E-state index contributed by atoms with van der Waals surface area (Å²) >= 11 is 1.61.